The molecule has 8 nitrogen and oxygen atoms in total. The average molecular weight is 1250 g/mol. The van der Waals surface area contributed by atoms with Gasteiger partial charge in [0.2, 0.25) is 0 Å². The molecule has 0 N–H and O–H groups in total. The van der Waals surface area contributed by atoms with E-state index in [1.807, 2.05) is 115 Å². The van der Waals surface area contributed by atoms with Crippen LogP contribution in [0.1, 0.15) is 11.1 Å². The molecule has 14 aromatic carbocycles. The summed E-state index contributed by atoms with van der Waals surface area (Å²) in [6, 6.07) is 118. The second-order valence-corrected chi connectivity index (χ2v) is 24.5. The van der Waals surface area contributed by atoms with E-state index in [9.17, 15) is 10.5 Å². The van der Waals surface area contributed by atoms with Crippen molar-refractivity contribution in [3.05, 3.63) is 350 Å². The van der Waals surface area contributed by atoms with Crippen molar-refractivity contribution in [2.24, 2.45) is 0 Å². The van der Waals surface area contributed by atoms with Gasteiger partial charge in [-0.05, 0) is 193 Å². The van der Waals surface area contributed by atoms with Crippen LogP contribution in [0, 0.1) is 29.2 Å². The van der Waals surface area contributed by atoms with Crippen LogP contribution in [0.15, 0.2) is 328 Å². The summed E-state index contributed by atoms with van der Waals surface area (Å²) in [5.74, 6) is 1.31. The minimum atomic E-state index is 0.434. The maximum Gasteiger partial charge on any atom is 0.187 e. The van der Waals surface area contributed by atoms with E-state index < -0.39 is 0 Å². The smallest absolute Gasteiger partial charge is 0.187 e. The van der Waals surface area contributed by atoms with Crippen LogP contribution in [-0.4, -0.2) is 24.1 Å². The van der Waals surface area contributed by atoms with Gasteiger partial charge in [-0.3, -0.25) is 0 Å². The Balaban J connectivity index is 0.925. The molecule has 0 amide bonds. The molecule has 0 bridgehead atoms. The number of aromatic nitrogens is 5. The van der Waals surface area contributed by atoms with Crippen molar-refractivity contribution in [2.75, 3.05) is 0 Å². The van der Waals surface area contributed by atoms with Gasteiger partial charge in [0.15, 0.2) is 23.2 Å². The predicted octanol–water partition coefficient (Wildman–Crippen LogP) is 23.0. The van der Waals surface area contributed by atoms with E-state index in [0.717, 1.165) is 150 Å². The molecule has 0 aliphatic heterocycles. The van der Waals surface area contributed by atoms with Gasteiger partial charge in [0.05, 0.1) is 51.9 Å². The lowest BCUT2D eigenvalue weighted by Gasteiger charge is -2.16. The molecule has 0 radical (unpaired) electrons. The molecule has 3 heterocycles. The molecule has 0 saturated heterocycles. The number of rotatable bonds is 12. The Hall–Kier alpha value is -13.8. The number of nitriles is 2. The lowest BCUT2D eigenvalue weighted by Crippen LogP contribution is -2.03. The van der Waals surface area contributed by atoms with Gasteiger partial charge in [0.25, 0.3) is 0 Å². The van der Waals surface area contributed by atoms with E-state index in [4.69, 9.17) is 21.5 Å². The van der Waals surface area contributed by atoms with Crippen molar-refractivity contribution in [3.63, 3.8) is 0 Å². The summed E-state index contributed by atoms with van der Waals surface area (Å²) in [5, 5.41) is 24.5. The standard InChI is InChI=1S/C90H54N8/c1-93-77-38-32-65(33-39-77)74-47-76(51-79(49-74)98-86-42-36-70(62-21-10-4-11-22-62)54-82(86)83-55-71(37-43-87(83)98)63-23-12-5-13-24-63)90-95-88(72-27-15-26-67(45-72)66-25-14-16-59(44-66)57-92)94-89(96-90)75-46-73(64-30-28-58(56-91)29-31-64)48-78(50-75)97-84-40-34-68(60-17-6-2-7-18-60)52-80(84)81-53-69(35-41-85(81)97)61-19-8-3-9-20-61/h2-55H. The van der Waals surface area contributed by atoms with Crippen molar-refractivity contribution in [2.45, 2.75) is 0 Å². The molecule has 0 atom stereocenters. The molecule has 0 aliphatic carbocycles. The molecular weight excluding hydrogens is 1190 g/mol. The Kier molecular flexibility index (Phi) is 14.5. The first-order valence-corrected chi connectivity index (χ1v) is 32.4. The van der Waals surface area contributed by atoms with Gasteiger partial charge in [-0.15, -0.1) is 0 Å². The SMILES string of the molecule is [C-]#[N+]c1ccc(-c2cc(-c3nc(-c4cccc(-c5cccc(C#N)c5)c4)nc(-c4cc(-c5ccc(C#N)cc5)cc(-n5c6ccc(-c7ccccc7)cc6c6cc(-c7ccccc7)ccc65)c4)n3)cc(-n3c4ccc(-c5ccccc5)cc4c4cc(-c5ccccc5)ccc43)c2)cc1. The summed E-state index contributed by atoms with van der Waals surface area (Å²) in [7, 11) is 0. The van der Waals surface area contributed by atoms with Crippen LogP contribution in [0.2, 0.25) is 0 Å². The number of hydrogen-bond acceptors (Lipinski definition) is 5. The topological polar surface area (TPSA) is 100 Å². The molecule has 0 saturated carbocycles. The number of nitrogens with zero attached hydrogens (tertiary/aromatic N) is 8. The van der Waals surface area contributed by atoms with Crippen molar-refractivity contribution >= 4 is 49.3 Å². The maximum atomic E-state index is 10.1. The first-order valence-electron chi connectivity index (χ1n) is 32.4. The molecule has 17 rings (SSSR count). The first kappa shape index (κ1) is 58.0. The van der Waals surface area contributed by atoms with Crippen LogP contribution in [0.25, 0.3) is 172 Å². The van der Waals surface area contributed by atoms with Gasteiger partial charge in [0.1, 0.15) is 0 Å². The van der Waals surface area contributed by atoms with Crippen LogP contribution in [0.4, 0.5) is 5.69 Å². The highest BCUT2D eigenvalue weighted by molar-refractivity contribution is 6.13. The molecule has 454 valence electrons. The summed E-state index contributed by atoms with van der Waals surface area (Å²) >= 11 is 0. The summed E-state index contributed by atoms with van der Waals surface area (Å²) in [4.78, 5) is 20.5. The fourth-order valence-electron chi connectivity index (χ4n) is 13.8. The van der Waals surface area contributed by atoms with Crippen molar-refractivity contribution in [1.29, 1.82) is 10.5 Å². The first-order chi connectivity index (χ1) is 48.4. The van der Waals surface area contributed by atoms with Crippen LogP contribution in [0.3, 0.4) is 0 Å². The van der Waals surface area contributed by atoms with E-state index in [0.29, 0.717) is 34.3 Å². The minimum absolute atomic E-state index is 0.434. The highest BCUT2D eigenvalue weighted by Crippen LogP contribution is 2.43. The zero-order chi connectivity index (χ0) is 65.6. The van der Waals surface area contributed by atoms with Crippen molar-refractivity contribution < 1.29 is 0 Å². The van der Waals surface area contributed by atoms with Gasteiger partial charge in [-0.25, -0.2) is 19.8 Å². The van der Waals surface area contributed by atoms with Gasteiger partial charge in [-0.2, -0.15) is 10.5 Å². The normalized spacial score (nSPS) is 11.2. The van der Waals surface area contributed by atoms with Gasteiger partial charge in [0, 0.05) is 49.6 Å². The van der Waals surface area contributed by atoms with Gasteiger partial charge < -0.3 is 9.13 Å². The number of benzene rings is 14. The molecule has 0 aliphatic rings. The monoisotopic (exact) mass is 1250 g/mol. The van der Waals surface area contributed by atoms with E-state index >= 15 is 0 Å². The quantitative estimate of drug-likeness (QED) is 0.113. The zero-order valence-electron chi connectivity index (χ0n) is 52.8. The highest BCUT2D eigenvalue weighted by atomic mass is 15.0. The molecule has 8 heteroatoms. The van der Waals surface area contributed by atoms with Crippen molar-refractivity contribution in [3.8, 4) is 136 Å². The Bertz CT molecular complexity index is 5590. The Labute approximate surface area is 566 Å². The summed E-state index contributed by atoms with van der Waals surface area (Å²) in [6.45, 7) is 7.90. The highest BCUT2D eigenvalue weighted by Gasteiger charge is 2.23. The molecule has 3 aromatic heterocycles. The third kappa shape index (κ3) is 10.8. The van der Waals surface area contributed by atoms with Gasteiger partial charge >= 0.3 is 0 Å². The molecule has 0 fully saturated rings. The Morgan fingerprint density at radius 3 is 0.929 bits per heavy atom. The number of fused-ring (bicyclic) bond motifs is 6. The minimum Gasteiger partial charge on any atom is -0.309 e. The molecule has 0 unspecified atom stereocenters. The summed E-state index contributed by atoms with van der Waals surface area (Å²) in [5.41, 5.74) is 24.1. The van der Waals surface area contributed by atoms with Crippen LogP contribution >= 0.6 is 0 Å². The fraction of sp³-hybridized carbons (Fsp3) is 0. The largest absolute Gasteiger partial charge is 0.309 e. The zero-order valence-corrected chi connectivity index (χ0v) is 52.8. The van der Waals surface area contributed by atoms with E-state index in [-0.39, 0.29) is 0 Å². The van der Waals surface area contributed by atoms with Crippen LogP contribution in [-0.2, 0) is 0 Å². The second kappa shape index (κ2) is 24.6. The Morgan fingerprint density at radius 2 is 0.541 bits per heavy atom. The second-order valence-electron chi connectivity index (χ2n) is 24.5. The summed E-state index contributed by atoms with van der Waals surface area (Å²) in [6.07, 6.45) is 0. The molecule has 98 heavy (non-hydrogen) atoms. The number of hydrogen-bond donors (Lipinski definition) is 0. The molecular formula is C90H54N8. The van der Waals surface area contributed by atoms with Crippen LogP contribution < -0.4 is 0 Å². The third-order valence-electron chi connectivity index (χ3n) is 18.6. The molecule has 17 aromatic rings. The lowest BCUT2D eigenvalue weighted by atomic mass is 9.99. The average Bonchev–Trinajstić information content (AvgIpc) is 1.57. The fourth-order valence-corrected chi connectivity index (χ4v) is 13.8. The van der Waals surface area contributed by atoms with E-state index in [1.165, 1.54) is 0 Å². The van der Waals surface area contributed by atoms with Crippen LogP contribution in [0.5, 0.6) is 0 Å². The summed E-state index contributed by atoms with van der Waals surface area (Å²) < 4.78 is 4.69. The van der Waals surface area contributed by atoms with E-state index in [2.05, 4.69) is 238 Å². The molecule has 0 spiro atoms. The lowest BCUT2D eigenvalue weighted by molar-refractivity contribution is 1.07. The predicted molar refractivity (Wildman–Crippen MR) is 399 cm³/mol. The van der Waals surface area contributed by atoms with E-state index in [1.54, 1.807) is 0 Å². The van der Waals surface area contributed by atoms with Crippen molar-refractivity contribution in [1.82, 2.24) is 24.1 Å². The Morgan fingerprint density at radius 1 is 0.245 bits per heavy atom. The van der Waals surface area contributed by atoms with Gasteiger partial charge in [-0.1, -0.05) is 212 Å². The maximum absolute atomic E-state index is 10.1. The third-order valence-corrected chi connectivity index (χ3v) is 18.6.